The van der Waals surface area contributed by atoms with Gasteiger partial charge in [-0.3, -0.25) is 19.6 Å². The Morgan fingerprint density at radius 3 is 2.00 bits per heavy atom. The van der Waals surface area contributed by atoms with E-state index in [1.807, 2.05) is 19.9 Å². The zero-order chi connectivity index (χ0) is 19.3. The maximum Gasteiger partial charge on any atom is 0.274 e. The fourth-order valence-corrected chi connectivity index (χ4v) is 3.73. The van der Waals surface area contributed by atoms with Gasteiger partial charge in [-0.15, -0.1) is 0 Å². The third-order valence-corrected chi connectivity index (χ3v) is 5.03. The Morgan fingerprint density at radius 1 is 0.852 bits per heavy atom. The number of amides is 3. The van der Waals surface area contributed by atoms with E-state index in [1.165, 1.54) is 4.90 Å². The first kappa shape index (κ1) is 16.9. The lowest BCUT2D eigenvalue weighted by molar-refractivity contribution is 0.0706. The van der Waals surface area contributed by atoms with Crippen molar-refractivity contribution < 1.29 is 19.6 Å². The van der Waals surface area contributed by atoms with E-state index < -0.39 is 5.91 Å². The summed E-state index contributed by atoms with van der Waals surface area (Å²) < 4.78 is 0. The molecular formula is C21H16N2O4. The number of carbonyl (C=O) groups is 3. The molecule has 1 aromatic rings. The molecule has 2 aliphatic carbocycles. The SMILES string of the molecule is Cc1c2cccc(C(=O)NO)cc-2c(C)c1N1C(=O)c2ccccc2C1=O. The second-order valence-corrected chi connectivity index (χ2v) is 6.48. The molecular weight excluding hydrogens is 344 g/mol. The van der Waals surface area contributed by atoms with Gasteiger partial charge in [-0.25, -0.2) is 10.4 Å². The lowest BCUT2D eigenvalue weighted by Gasteiger charge is -2.15. The Balaban J connectivity index is 1.94. The molecule has 0 atom stereocenters. The van der Waals surface area contributed by atoms with Gasteiger partial charge in [0.15, 0.2) is 0 Å². The zero-order valence-corrected chi connectivity index (χ0v) is 14.7. The highest BCUT2D eigenvalue weighted by Gasteiger charge is 2.39. The number of imide groups is 1. The van der Waals surface area contributed by atoms with Crippen LogP contribution in [-0.4, -0.2) is 22.9 Å². The molecule has 0 saturated carbocycles. The van der Waals surface area contributed by atoms with Crippen molar-refractivity contribution in [1.29, 1.82) is 0 Å². The normalized spacial score (nSPS) is 13.2. The van der Waals surface area contributed by atoms with Crippen LogP contribution in [0.25, 0.3) is 11.1 Å². The first-order valence-corrected chi connectivity index (χ1v) is 8.41. The van der Waals surface area contributed by atoms with Crippen molar-refractivity contribution in [3.63, 3.8) is 0 Å². The van der Waals surface area contributed by atoms with Crippen LogP contribution in [0.2, 0.25) is 0 Å². The van der Waals surface area contributed by atoms with Gasteiger partial charge in [0.05, 0.1) is 16.8 Å². The van der Waals surface area contributed by atoms with Crippen LogP contribution in [0, 0.1) is 13.8 Å². The van der Waals surface area contributed by atoms with Gasteiger partial charge < -0.3 is 0 Å². The van der Waals surface area contributed by atoms with Crippen molar-refractivity contribution >= 4 is 23.4 Å². The molecule has 134 valence electrons. The van der Waals surface area contributed by atoms with Crippen LogP contribution in [0.4, 0.5) is 5.69 Å². The molecule has 0 unspecified atom stereocenters. The number of nitrogens with zero attached hydrogens (tertiary/aromatic N) is 1. The number of carbonyl (C=O) groups excluding carboxylic acids is 3. The average molecular weight is 360 g/mol. The van der Waals surface area contributed by atoms with Gasteiger partial charge in [0.25, 0.3) is 17.7 Å². The summed E-state index contributed by atoms with van der Waals surface area (Å²) in [5, 5.41) is 8.92. The molecule has 6 nitrogen and oxygen atoms in total. The largest absolute Gasteiger partial charge is 0.288 e. The van der Waals surface area contributed by atoms with E-state index >= 15 is 0 Å². The lowest BCUT2D eigenvalue weighted by Crippen LogP contribution is -2.30. The highest BCUT2D eigenvalue weighted by Crippen LogP contribution is 2.43. The van der Waals surface area contributed by atoms with Crippen molar-refractivity contribution in [2.45, 2.75) is 13.8 Å². The van der Waals surface area contributed by atoms with Crippen molar-refractivity contribution in [1.82, 2.24) is 5.48 Å². The first-order chi connectivity index (χ1) is 13.0. The molecule has 1 heterocycles. The highest BCUT2D eigenvalue weighted by molar-refractivity contribution is 6.35. The Hall–Kier alpha value is -3.51. The number of rotatable bonds is 2. The summed E-state index contributed by atoms with van der Waals surface area (Å²) in [5.41, 5.74) is 6.28. The van der Waals surface area contributed by atoms with E-state index in [0.29, 0.717) is 16.8 Å². The molecule has 0 fully saturated rings. The zero-order valence-electron chi connectivity index (χ0n) is 14.7. The molecule has 3 amide bonds. The van der Waals surface area contributed by atoms with Crippen molar-refractivity contribution in [2.75, 3.05) is 4.90 Å². The number of anilines is 1. The predicted molar refractivity (Wildman–Crippen MR) is 99.4 cm³/mol. The minimum Gasteiger partial charge on any atom is -0.288 e. The Bertz CT molecular complexity index is 1070. The van der Waals surface area contributed by atoms with Gasteiger partial charge in [-0.2, -0.15) is 0 Å². The quantitative estimate of drug-likeness (QED) is 0.417. The summed E-state index contributed by atoms with van der Waals surface area (Å²) in [6.45, 7) is 3.66. The number of hydroxylamine groups is 1. The molecule has 0 saturated heterocycles. The minimum atomic E-state index is -0.631. The summed E-state index contributed by atoms with van der Waals surface area (Å²) >= 11 is 0. The summed E-state index contributed by atoms with van der Waals surface area (Å²) in [6, 6.07) is 13.5. The van der Waals surface area contributed by atoms with Crippen molar-refractivity contribution in [3.05, 3.63) is 76.3 Å². The molecule has 3 aliphatic rings. The molecule has 6 heteroatoms. The van der Waals surface area contributed by atoms with E-state index in [1.54, 1.807) is 47.9 Å². The smallest absolute Gasteiger partial charge is 0.274 e. The molecule has 0 radical (unpaired) electrons. The molecule has 4 rings (SSSR count). The molecule has 2 N–H and O–H groups in total. The van der Waals surface area contributed by atoms with Gasteiger partial charge in [-0.05, 0) is 60.4 Å². The van der Waals surface area contributed by atoms with Gasteiger partial charge in [0.2, 0.25) is 0 Å². The summed E-state index contributed by atoms with van der Waals surface area (Å²) in [5.74, 6) is -1.34. The van der Waals surface area contributed by atoms with Gasteiger partial charge in [0.1, 0.15) is 0 Å². The van der Waals surface area contributed by atoms with Crippen LogP contribution in [0.15, 0.2) is 48.5 Å². The van der Waals surface area contributed by atoms with Crippen LogP contribution >= 0.6 is 0 Å². The van der Waals surface area contributed by atoms with E-state index in [2.05, 4.69) is 0 Å². The van der Waals surface area contributed by atoms with Crippen LogP contribution in [0.5, 0.6) is 0 Å². The Kier molecular flexibility index (Phi) is 3.78. The van der Waals surface area contributed by atoms with Crippen molar-refractivity contribution in [2.24, 2.45) is 0 Å². The van der Waals surface area contributed by atoms with E-state index in [9.17, 15) is 14.4 Å². The second kappa shape index (κ2) is 6.03. The number of benzene rings is 1. The van der Waals surface area contributed by atoms with E-state index in [0.717, 1.165) is 22.3 Å². The standard InChI is InChI=1S/C21H16N2O4/c1-11-14-9-5-6-13(19(24)22-27)10-17(14)12(2)18(11)23-20(25)15-7-3-4-8-16(15)21(23)26/h3-10,27H,1-2H3,(H,22,24). The molecule has 0 bridgehead atoms. The van der Waals surface area contributed by atoms with Gasteiger partial charge in [0, 0.05) is 5.56 Å². The summed E-state index contributed by atoms with van der Waals surface area (Å²) in [6.07, 6.45) is 0. The van der Waals surface area contributed by atoms with Crippen LogP contribution in [-0.2, 0) is 0 Å². The molecule has 1 aliphatic heterocycles. The van der Waals surface area contributed by atoms with Crippen LogP contribution in [0.3, 0.4) is 0 Å². The second-order valence-electron chi connectivity index (χ2n) is 6.48. The topological polar surface area (TPSA) is 86.7 Å². The number of hydrogen-bond acceptors (Lipinski definition) is 4. The fourth-order valence-electron chi connectivity index (χ4n) is 3.73. The van der Waals surface area contributed by atoms with Crippen LogP contribution in [0.1, 0.15) is 42.2 Å². The third kappa shape index (κ3) is 2.34. The van der Waals surface area contributed by atoms with Crippen LogP contribution < -0.4 is 10.4 Å². The Labute approximate surface area is 155 Å². The Morgan fingerprint density at radius 2 is 1.41 bits per heavy atom. The summed E-state index contributed by atoms with van der Waals surface area (Å²) in [4.78, 5) is 38.8. The third-order valence-electron chi connectivity index (χ3n) is 5.03. The predicted octanol–water partition coefficient (Wildman–Crippen LogP) is 3.33. The van der Waals surface area contributed by atoms with Gasteiger partial charge in [-0.1, -0.05) is 24.3 Å². The monoisotopic (exact) mass is 360 g/mol. The molecule has 27 heavy (non-hydrogen) atoms. The maximum atomic E-state index is 12.9. The molecule has 0 aromatic heterocycles. The fraction of sp³-hybridized carbons (Fsp3) is 0.0952. The average Bonchev–Trinajstić information content (AvgIpc) is 2.94. The number of fused-ring (bicyclic) bond motifs is 2. The number of nitrogens with one attached hydrogen (secondary N) is 1. The maximum absolute atomic E-state index is 12.9. The lowest BCUT2D eigenvalue weighted by atomic mass is 10.1. The molecule has 1 aromatic carbocycles. The van der Waals surface area contributed by atoms with E-state index in [-0.39, 0.29) is 17.4 Å². The van der Waals surface area contributed by atoms with E-state index in [4.69, 9.17) is 5.21 Å². The molecule has 0 spiro atoms. The van der Waals surface area contributed by atoms with Gasteiger partial charge >= 0.3 is 0 Å². The minimum absolute atomic E-state index is 0.273. The number of hydrogen-bond donors (Lipinski definition) is 2. The van der Waals surface area contributed by atoms with Crippen molar-refractivity contribution in [3.8, 4) is 11.1 Å². The first-order valence-electron chi connectivity index (χ1n) is 8.41. The summed E-state index contributed by atoms with van der Waals surface area (Å²) in [7, 11) is 0. The highest BCUT2D eigenvalue weighted by atomic mass is 16.5.